The molecule has 178 valence electrons. The number of benzene rings is 2. The minimum absolute atomic E-state index is 0.0745. The van der Waals surface area contributed by atoms with Crippen LogP contribution in [0.3, 0.4) is 0 Å². The van der Waals surface area contributed by atoms with Gasteiger partial charge in [0.2, 0.25) is 0 Å². The van der Waals surface area contributed by atoms with Crippen molar-refractivity contribution in [3.05, 3.63) is 58.8 Å². The van der Waals surface area contributed by atoms with Gasteiger partial charge in [-0.05, 0) is 53.8 Å². The van der Waals surface area contributed by atoms with E-state index in [1.807, 2.05) is 6.20 Å². The van der Waals surface area contributed by atoms with Gasteiger partial charge in [-0.15, -0.1) is 0 Å². The van der Waals surface area contributed by atoms with E-state index in [0.29, 0.717) is 18.1 Å². The van der Waals surface area contributed by atoms with E-state index in [1.54, 1.807) is 6.07 Å². The van der Waals surface area contributed by atoms with Crippen LogP contribution in [0.5, 0.6) is 11.5 Å². The molecule has 0 saturated heterocycles. The topological polar surface area (TPSA) is 25.0 Å². The molecule has 0 radical (unpaired) electrons. The lowest BCUT2D eigenvalue weighted by Gasteiger charge is -2.21. The summed E-state index contributed by atoms with van der Waals surface area (Å²) in [5.74, 6) is -0.786. The van der Waals surface area contributed by atoms with Crippen LogP contribution in [-0.4, -0.2) is 4.98 Å². The molecule has 1 aliphatic carbocycles. The maximum atomic E-state index is 13.7. The molecular formula is C24H22BrF6NO. The molecule has 2 nitrogen and oxygen atoms in total. The monoisotopic (exact) mass is 533 g/mol. The summed E-state index contributed by atoms with van der Waals surface area (Å²) in [6.45, 7) is 0. The van der Waals surface area contributed by atoms with Gasteiger partial charge in [0, 0.05) is 22.4 Å². The first-order valence-corrected chi connectivity index (χ1v) is 11.8. The Bertz CT molecular complexity index is 1090. The van der Waals surface area contributed by atoms with Gasteiger partial charge >= 0.3 is 12.4 Å². The van der Waals surface area contributed by atoms with Gasteiger partial charge in [0.05, 0.1) is 11.1 Å². The normalized spacial score (nSPS) is 15.8. The molecule has 4 rings (SSSR count). The second kappa shape index (κ2) is 9.24. The number of aromatic nitrogens is 1. The van der Waals surface area contributed by atoms with Crippen molar-refractivity contribution in [3.8, 4) is 11.5 Å². The van der Waals surface area contributed by atoms with Gasteiger partial charge in [-0.2, -0.15) is 26.3 Å². The Balaban J connectivity index is 1.75. The van der Waals surface area contributed by atoms with Gasteiger partial charge in [0.15, 0.2) is 5.75 Å². The molecule has 9 heteroatoms. The summed E-state index contributed by atoms with van der Waals surface area (Å²) in [6.07, 6.45) is -1.56. The summed E-state index contributed by atoms with van der Waals surface area (Å²) in [5, 5.41) is 0.594. The van der Waals surface area contributed by atoms with E-state index in [2.05, 4.69) is 20.9 Å². The Morgan fingerprint density at radius 3 is 2.12 bits per heavy atom. The fraction of sp³-hybridized carbons (Fsp3) is 0.417. The lowest BCUT2D eigenvalue weighted by atomic mass is 9.85. The number of hydrogen-bond donors (Lipinski definition) is 1. The third-order valence-electron chi connectivity index (χ3n) is 6.11. The van der Waals surface area contributed by atoms with E-state index in [0.717, 1.165) is 35.7 Å². The molecular weight excluding hydrogens is 512 g/mol. The number of rotatable bonds is 5. The standard InChI is InChI=1S/C24H22BrF6NO/c25-12-15-9-19(23(26,27)28)22(20(10-15)24(29,30)31)33-17-6-7-21-18(11-17)16(13-32-21)8-14-4-2-1-3-5-14/h6-7,9-11,13-14,32H,1-5,8,12H2. The summed E-state index contributed by atoms with van der Waals surface area (Å²) >= 11 is 2.94. The van der Waals surface area contributed by atoms with Gasteiger partial charge in [-0.1, -0.05) is 48.0 Å². The zero-order chi connectivity index (χ0) is 23.8. The van der Waals surface area contributed by atoms with Crippen molar-refractivity contribution in [2.75, 3.05) is 0 Å². The van der Waals surface area contributed by atoms with Gasteiger partial charge in [-0.3, -0.25) is 0 Å². The Morgan fingerprint density at radius 1 is 0.909 bits per heavy atom. The van der Waals surface area contributed by atoms with E-state index in [9.17, 15) is 26.3 Å². The van der Waals surface area contributed by atoms with Crippen LogP contribution in [0.4, 0.5) is 26.3 Å². The van der Waals surface area contributed by atoms with E-state index < -0.39 is 29.2 Å². The maximum Gasteiger partial charge on any atom is 0.420 e. The van der Waals surface area contributed by atoms with Crippen molar-refractivity contribution in [2.24, 2.45) is 5.92 Å². The number of H-pyrrole nitrogens is 1. The van der Waals surface area contributed by atoms with Crippen LogP contribution in [0.25, 0.3) is 10.9 Å². The van der Waals surface area contributed by atoms with Crippen LogP contribution in [0.1, 0.15) is 54.4 Å². The van der Waals surface area contributed by atoms with Crippen molar-refractivity contribution < 1.29 is 31.1 Å². The number of hydrogen-bond acceptors (Lipinski definition) is 1. The van der Waals surface area contributed by atoms with E-state index >= 15 is 0 Å². The lowest BCUT2D eigenvalue weighted by Crippen LogP contribution is -2.15. The molecule has 1 saturated carbocycles. The third-order valence-corrected chi connectivity index (χ3v) is 6.75. The molecule has 0 aliphatic heterocycles. The lowest BCUT2D eigenvalue weighted by molar-refractivity contribution is -0.145. The van der Waals surface area contributed by atoms with E-state index in [1.165, 1.54) is 31.4 Å². The minimum atomic E-state index is -5.02. The molecule has 0 atom stereocenters. The predicted octanol–water partition coefficient (Wildman–Crippen LogP) is 9.02. The first kappa shape index (κ1) is 24.0. The second-order valence-corrected chi connectivity index (χ2v) is 9.04. The van der Waals surface area contributed by atoms with Crippen LogP contribution in [0.2, 0.25) is 0 Å². The first-order chi connectivity index (χ1) is 15.6. The summed E-state index contributed by atoms with van der Waals surface area (Å²) in [6, 6.07) is 5.87. The summed E-state index contributed by atoms with van der Waals surface area (Å²) < 4.78 is 87.5. The smallest absolute Gasteiger partial charge is 0.420 e. The van der Waals surface area contributed by atoms with Gasteiger partial charge < -0.3 is 9.72 Å². The highest BCUT2D eigenvalue weighted by Gasteiger charge is 2.43. The number of ether oxygens (including phenoxy) is 1. The van der Waals surface area contributed by atoms with Crippen molar-refractivity contribution in [2.45, 2.75) is 56.2 Å². The Hall–Kier alpha value is -2.16. The van der Waals surface area contributed by atoms with E-state index in [-0.39, 0.29) is 16.6 Å². The van der Waals surface area contributed by atoms with Crippen molar-refractivity contribution >= 4 is 26.8 Å². The maximum absolute atomic E-state index is 13.7. The average Bonchev–Trinajstić information content (AvgIpc) is 3.15. The number of aromatic amines is 1. The predicted molar refractivity (Wildman–Crippen MR) is 118 cm³/mol. The fourth-order valence-corrected chi connectivity index (χ4v) is 4.83. The molecule has 0 unspecified atom stereocenters. The van der Waals surface area contributed by atoms with Crippen LogP contribution >= 0.6 is 15.9 Å². The number of nitrogens with one attached hydrogen (secondary N) is 1. The number of halogens is 7. The molecule has 33 heavy (non-hydrogen) atoms. The number of alkyl halides is 7. The molecule has 3 aromatic rings. The molecule has 0 bridgehead atoms. The molecule has 0 spiro atoms. The van der Waals surface area contributed by atoms with Gasteiger partial charge in [0.25, 0.3) is 0 Å². The quantitative estimate of drug-likeness (QED) is 0.257. The zero-order valence-corrected chi connectivity index (χ0v) is 19.1. The molecule has 1 fully saturated rings. The molecule has 1 aromatic heterocycles. The Kier molecular flexibility index (Phi) is 6.71. The number of fused-ring (bicyclic) bond motifs is 1. The molecule has 1 heterocycles. The molecule has 1 N–H and O–H groups in total. The van der Waals surface area contributed by atoms with Crippen LogP contribution < -0.4 is 4.74 Å². The van der Waals surface area contributed by atoms with Crippen molar-refractivity contribution in [3.63, 3.8) is 0 Å². The van der Waals surface area contributed by atoms with Crippen LogP contribution in [-0.2, 0) is 24.1 Å². The second-order valence-electron chi connectivity index (χ2n) is 8.48. The van der Waals surface area contributed by atoms with Crippen LogP contribution in [0.15, 0.2) is 36.5 Å². The molecule has 0 amide bonds. The SMILES string of the molecule is FC(F)(F)c1cc(CBr)cc(C(F)(F)F)c1Oc1ccc2[nH]cc(CC3CCCCC3)c2c1. The fourth-order valence-electron chi connectivity index (χ4n) is 4.51. The average molecular weight is 534 g/mol. The third kappa shape index (κ3) is 5.34. The minimum Gasteiger partial charge on any atom is -0.456 e. The highest BCUT2D eigenvalue weighted by Crippen LogP contribution is 2.47. The van der Waals surface area contributed by atoms with E-state index in [4.69, 9.17) is 4.74 Å². The Morgan fingerprint density at radius 2 is 1.55 bits per heavy atom. The highest BCUT2D eigenvalue weighted by molar-refractivity contribution is 9.08. The Labute approximate surface area is 195 Å². The summed E-state index contributed by atoms with van der Waals surface area (Å²) in [7, 11) is 0. The van der Waals surface area contributed by atoms with Crippen molar-refractivity contribution in [1.82, 2.24) is 4.98 Å². The molecule has 2 aromatic carbocycles. The van der Waals surface area contributed by atoms with Gasteiger partial charge in [0.1, 0.15) is 5.75 Å². The highest BCUT2D eigenvalue weighted by atomic mass is 79.9. The van der Waals surface area contributed by atoms with Crippen LogP contribution in [0, 0.1) is 5.92 Å². The van der Waals surface area contributed by atoms with Gasteiger partial charge in [-0.25, -0.2) is 0 Å². The largest absolute Gasteiger partial charge is 0.456 e. The van der Waals surface area contributed by atoms with Crippen molar-refractivity contribution in [1.29, 1.82) is 0 Å². The zero-order valence-electron chi connectivity index (χ0n) is 17.5. The first-order valence-electron chi connectivity index (χ1n) is 10.7. The summed E-state index contributed by atoms with van der Waals surface area (Å²) in [5.41, 5.74) is -1.30. The molecule has 1 aliphatic rings. The summed E-state index contributed by atoms with van der Waals surface area (Å²) in [4.78, 5) is 3.13.